The lowest BCUT2D eigenvalue weighted by atomic mass is 9.94. The van der Waals surface area contributed by atoms with E-state index in [4.69, 9.17) is 0 Å². The second-order valence-corrected chi connectivity index (χ2v) is 15.7. The van der Waals surface area contributed by atoms with Crippen LogP contribution in [0.2, 0.25) is 0 Å². The molecule has 4 aliphatic rings. The molecule has 4 aliphatic carbocycles. The summed E-state index contributed by atoms with van der Waals surface area (Å²) in [7, 11) is 0. The van der Waals surface area contributed by atoms with Crippen LogP contribution in [0, 0.1) is 13.8 Å². The van der Waals surface area contributed by atoms with E-state index in [1.165, 1.54) is 99.3 Å². The van der Waals surface area contributed by atoms with Crippen LogP contribution in [0.5, 0.6) is 0 Å². The molecule has 4 saturated carbocycles. The Morgan fingerprint density at radius 2 is 1.00 bits per heavy atom. The first-order valence-electron chi connectivity index (χ1n) is 19.7. The molecule has 4 fully saturated rings. The smallest absolute Gasteiger partial charge is 0.274 e. The van der Waals surface area contributed by atoms with Crippen LogP contribution in [0.15, 0.2) is 60.9 Å². The van der Waals surface area contributed by atoms with Gasteiger partial charge in [-0.25, -0.2) is 0 Å². The lowest BCUT2D eigenvalue weighted by Crippen LogP contribution is -2.26. The molecule has 0 spiro atoms. The van der Waals surface area contributed by atoms with Gasteiger partial charge in [0, 0.05) is 48.9 Å². The first-order valence-corrected chi connectivity index (χ1v) is 19.7. The summed E-state index contributed by atoms with van der Waals surface area (Å²) in [6.45, 7) is 5.69. The first kappa shape index (κ1) is 34.7. The van der Waals surface area contributed by atoms with Gasteiger partial charge in [0.1, 0.15) is 11.4 Å². The number of nitrogens with one attached hydrogen (secondary N) is 4. The number of benzene rings is 2. The zero-order valence-corrected chi connectivity index (χ0v) is 30.7. The summed E-state index contributed by atoms with van der Waals surface area (Å²) >= 11 is 0. The monoisotopic (exact) mass is 696 g/mol. The van der Waals surface area contributed by atoms with Crippen molar-refractivity contribution in [3.05, 3.63) is 106 Å². The number of hydrogen-bond donors (Lipinski definition) is 4. The standard InChI is InChI=1S/C44H52N6O2/c1-27-35(13-7-15-39(27)49-43(51)41-21-37(29-17-18-29)31(25-47-41)23-45-33-9-3-4-10-33)36-14-8-16-40(28(36)2)50-44(52)42-22-38(30-19-20-30)32(26-48-42)24-46-34-11-5-6-12-34/h7-8,13-16,21-22,25-26,29-30,33-34,45-46H,3-6,9-12,17-20,23-24H2,1-2H3,(H,49,51)(H,50,52). The van der Waals surface area contributed by atoms with Crippen molar-refractivity contribution >= 4 is 23.2 Å². The minimum Gasteiger partial charge on any atom is -0.320 e. The zero-order chi connectivity index (χ0) is 35.6. The topological polar surface area (TPSA) is 108 Å². The summed E-state index contributed by atoms with van der Waals surface area (Å²) in [6.07, 6.45) is 18.7. The third kappa shape index (κ3) is 7.83. The van der Waals surface area contributed by atoms with Crippen LogP contribution in [0.1, 0.15) is 143 Å². The van der Waals surface area contributed by atoms with E-state index in [0.717, 1.165) is 46.7 Å². The largest absolute Gasteiger partial charge is 0.320 e. The van der Waals surface area contributed by atoms with E-state index in [0.29, 0.717) is 35.3 Å². The number of aromatic nitrogens is 2. The van der Waals surface area contributed by atoms with E-state index >= 15 is 0 Å². The number of amides is 2. The molecule has 0 saturated heterocycles. The Bertz CT molecular complexity index is 1810. The Labute approximate surface area is 308 Å². The van der Waals surface area contributed by atoms with Gasteiger partial charge in [0.2, 0.25) is 0 Å². The van der Waals surface area contributed by atoms with Gasteiger partial charge in [-0.3, -0.25) is 19.6 Å². The first-order chi connectivity index (χ1) is 25.4. The molecule has 0 atom stereocenters. The van der Waals surface area contributed by atoms with Crippen molar-refractivity contribution in [3.8, 4) is 11.1 Å². The van der Waals surface area contributed by atoms with Crippen LogP contribution < -0.4 is 21.3 Å². The van der Waals surface area contributed by atoms with Crippen molar-refractivity contribution in [2.24, 2.45) is 0 Å². The quantitative estimate of drug-likeness (QED) is 0.111. The van der Waals surface area contributed by atoms with Gasteiger partial charge in [-0.05, 0) is 146 Å². The highest BCUT2D eigenvalue weighted by molar-refractivity contribution is 6.05. The molecular weight excluding hydrogens is 645 g/mol. The fourth-order valence-electron chi connectivity index (χ4n) is 8.36. The number of nitrogens with zero attached hydrogens (tertiary/aromatic N) is 2. The molecule has 2 aromatic heterocycles. The predicted octanol–water partition coefficient (Wildman–Crippen LogP) is 9.08. The van der Waals surface area contributed by atoms with Crippen molar-refractivity contribution < 1.29 is 9.59 Å². The SMILES string of the molecule is Cc1c(NC(=O)c2cc(C3CC3)c(CNC3CCCC3)cn2)cccc1-c1cccc(NC(=O)c2cc(C3CC3)c(CNC3CCCC3)cn2)c1C. The van der Waals surface area contributed by atoms with Gasteiger partial charge < -0.3 is 21.3 Å². The van der Waals surface area contributed by atoms with Crippen LogP contribution >= 0.6 is 0 Å². The predicted molar refractivity (Wildman–Crippen MR) is 208 cm³/mol. The Hall–Kier alpha value is -4.40. The van der Waals surface area contributed by atoms with Gasteiger partial charge in [-0.15, -0.1) is 0 Å². The van der Waals surface area contributed by atoms with Gasteiger partial charge >= 0.3 is 0 Å². The average molecular weight is 697 g/mol. The van der Waals surface area contributed by atoms with Gasteiger partial charge in [-0.1, -0.05) is 49.9 Å². The highest BCUT2D eigenvalue weighted by Gasteiger charge is 2.29. The maximum Gasteiger partial charge on any atom is 0.274 e. The normalized spacial score (nSPS) is 17.8. The summed E-state index contributed by atoms with van der Waals surface area (Å²) < 4.78 is 0. The Kier molecular flexibility index (Phi) is 10.2. The van der Waals surface area contributed by atoms with E-state index in [1.807, 2.05) is 62.6 Å². The Morgan fingerprint density at radius 3 is 1.38 bits per heavy atom. The van der Waals surface area contributed by atoms with Crippen LogP contribution in [0.4, 0.5) is 11.4 Å². The molecule has 0 aliphatic heterocycles. The molecule has 2 heterocycles. The summed E-state index contributed by atoms with van der Waals surface area (Å²) in [6, 6.07) is 17.2. The third-order valence-corrected chi connectivity index (χ3v) is 11.9. The number of rotatable bonds is 13. The zero-order valence-electron chi connectivity index (χ0n) is 30.7. The highest BCUT2D eigenvalue weighted by atomic mass is 16.2. The number of hydrogen-bond acceptors (Lipinski definition) is 6. The Morgan fingerprint density at radius 1 is 0.596 bits per heavy atom. The van der Waals surface area contributed by atoms with E-state index in [2.05, 4.69) is 43.4 Å². The van der Waals surface area contributed by atoms with Crippen LogP contribution in [-0.2, 0) is 13.1 Å². The summed E-state index contributed by atoms with van der Waals surface area (Å²) in [4.78, 5) is 36.5. The molecule has 0 bridgehead atoms. The molecule has 2 amide bonds. The van der Waals surface area contributed by atoms with Crippen LogP contribution in [0.3, 0.4) is 0 Å². The molecule has 8 heteroatoms. The van der Waals surface area contributed by atoms with Crippen molar-refractivity contribution in [2.45, 2.75) is 128 Å². The lowest BCUT2D eigenvalue weighted by Gasteiger charge is -2.18. The van der Waals surface area contributed by atoms with E-state index in [1.54, 1.807) is 0 Å². The molecule has 2 aromatic carbocycles. The molecule has 4 aromatic rings. The average Bonchev–Trinajstić information content (AvgIpc) is 4.08. The van der Waals surface area contributed by atoms with E-state index in [9.17, 15) is 9.59 Å². The minimum atomic E-state index is -0.200. The second kappa shape index (κ2) is 15.3. The van der Waals surface area contributed by atoms with Crippen LogP contribution in [0.25, 0.3) is 11.1 Å². The number of carbonyl (C=O) groups is 2. The fraction of sp³-hybridized carbons (Fsp3) is 0.455. The molecular formula is C44H52N6O2. The van der Waals surface area contributed by atoms with Gasteiger partial charge in [-0.2, -0.15) is 0 Å². The maximum atomic E-state index is 13.6. The van der Waals surface area contributed by atoms with Crippen molar-refractivity contribution in [1.29, 1.82) is 0 Å². The maximum absolute atomic E-state index is 13.6. The summed E-state index contributed by atoms with van der Waals surface area (Å²) in [5.41, 5.74) is 11.3. The van der Waals surface area contributed by atoms with E-state index in [-0.39, 0.29) is 11.8 Å². The summed E-state index contributed by atoms with van der Waals surface area (Å²) in [5, 5.41) is 13.8. The minimum absolute atomic E-state index is 0.200. The second-order valence-electron chi connectivity index (χ2n) is 15.7. The molecule has 8 nitrogen and oxygen atoms in total. The third-order valence-electron chi connectivity index (χ3n) is 11.9. The van der Waals surface area contributed by atoms with Gasteiger partial charge in [0.15, 0.2) is 0 Å². The Balaban J connectivity index is 0.964. The van der Waals surface area contributed by atoms with Crippen LogP contribution in [-0.4, -0.2) is 33.9 Å². The summed E-state index contributed by atoms with van der Waals surface area (Å²) in [5.74, 6) is 0.645. The number of pyridine rings is 2. The van der Waals surface area contributed by atoms with E-state index < -0.39 is 0 Å². The molecule has 0 radical (unpaired) electrons. The molecule has 0 unspecified atom stereocenters. The molecule has 270 valence electrons. The molecule has 4 N–H and O–H groups in total. The van der Waals surface area contributed by atoms with Gasteiger partial charge in [0.25, 0.3) is 11.8 Å². The van der Waals surface area contributed by atoms with Crippen molar-refractivity contribution in [2.75, 3.05) is 10.6 Å². The number of anilines is 2. The van der Waals surface area contributed by atoms with Gasteiger partial charge in [0.05, 0.1) is 0 Å². The van der Waals surface area contributed by atoms with Crippen molar-refractivity contribution in [1.82, 2.24) is 20.6 Å². The highest BCUT2D eigenvalue weighted by Crippen LogP contribution is 2.43. The fourth-order valence-corrected chi connectivity index (χ4v) is 8.36. The number of carbonyl (C=O) groups excluding carboxylic acids is 2. The molecule has 8 rings (SSSR count). The molecule has 52 heavy (non-hydrogen) atoms. The van der Waals surface area contributed by atoms with Crippen molar-refractivity contribution in [3.63, 3.8) is 0 Å². The lowest BCUT2D eigenvalue weighted by molar-refractivity contribution is 0.101.